The maximum atomic E-state index is 12.6. The number of nitro groups is 1. The summed E-state index contributed by atoms with van der Waals surface area (Å²) in [5.41, 5.74) is 0.960. The molecule has 1 heterocycles. The zero-order chi connectivity index (χ0) is 18.4. The van der Waals surface area contributed by atoms with Gasteiger partial charge in [0.1, 0.15) is 12.3 Å². The molecule has 2 amide bonds. The largest absolute Gasteiger partial charge is 0.472 e. The van der Waals surface area contributed by atoms with E-state index in [0.717, 1.165) is 0 Å². The van der Waals surface area contributed by atoms with E-state index in [2.05, 4.69) is 5.32 Å². The summed E-state index contributed by atoms with van der Waals surface area (Å²) in [6.45, 7) is 4.03. The number of rotatable bonds is 7. The van der Waals surface area contributed by atoms with Crippen molar-refractivity contribution in [3.05, 3.63) is 64.1 Å². The van der Waals surface area contributed by atoms with Crippen LogP contribution in [0.25, 0.3) is 0 Å². The Morgan fingerprint density at radius 2 is 2.12 bits per heavy atom. The van der Waals surface area contributed by atoms with Gasteiger partial charge < -0.3 is 14.6 Å². The molecule has 132 valence electrons. The van der Waals surface area contributed by atoms with Crippen molar-refractivity contribution < 1.29 is 18.9 Å². The molecule has 1 N–H and O–H groups in total. The van der Waals surface area contributed by atoms with Gasteiger partial charge in [-0.1, -0.05) is 12.1 Å². The molecule has 0 aliphatic rings. The Kier molecular flexibility index (Phi) is 5.89. The van der Waals surface area contributed by atoms with Crippen LogP contribution in [-0.2, 0) is 11.3 Å². The molecule has 0 bridgehead atoms. The fourth-order valence-corrected chi connectivity index (χ4v) is 2.34. The number of nitro benzene ring substituents is 1. The molecule has 0 spiro atoms. The molecule has 0 aliphatic carbocycles. The lowest BCUT2D eigenvalue weighted by Crippen LogP contribution is -2.46. The molecule has 1 aromatic heterocycles. The third-order valence-electron chi connectivity index (χ3n) is 3.69. The van der Waals surface area contributed by atoms with Crippen LogP contribution in [-0.4, -0.2) is 34.2 Å². The summed E-state index contributed by atoms with van der Waals surface area (Å²) >= 11 is 0. The molecule has 0 fully saturated rings. The van der Waals surface area contributed by atoms with E-state index in [1.165, 1.54) is 35.6 Å². The molecule has 8 heteroatoms. The first-order chi connectivity index (χ1) is 11.9. The van der Waals surface area contributed by atoms with E-state index in [1.807, 2.05) is 0 Å². The van der Waals surface area contributed by atoms with Gasteiger partial charge in [-0.25, -0.2) is 0 Å². The van der Waals surface area contributed by atoms with Crippen molar-refractivity contribution in [1.29, 1.82) is 0 Å². The van der Waals surface area contributed by atoms with Gasteiger partial charge in [-0.3, -0.25) is 19.7 Å². The molecular weight excluding hydrogens is 326 g/mol. The number of hydrogen-bond acceptors (Lipinski definition) is 5. The lowest BCUT2D eigenvalue weighted by atomic mass is 10.1. The second-order valence-electron chi connectivity index (χ2n) is 5.49. The highest BCUT2D eigenvalue weighted by atomic mass is 16.6. The first-order valence-electron chi connectivity index (χ1n) is 7.77. The lowest BCUT2D eigenvalue weighted by Gasteiger charge is -2.25. The molecule has 2 rings (SSSR count). The van der Waals surface area contributed by atoms with Gasteiger partial charge in [-0.05, 0) is 25.5 Å². The van der Waals surface area contributed by atoms with E-state index in [-0.39, 0.29) is 18.1 Å². The van der Waals surface area contributed by atoms with Gasteiger partial charge in [-0.2, -0.15) is 0 Å². The first kappa shape index (κ1) is 18.2. The van der Waals surface area contributed by atoms with Crippen molar-refractivity contribution in [3.8, 4) is 0 Å². The molecule has 0 radical (unpaired) electrons. The van der Waals surface area contributed by atoms with Crippen LogP contribution in [0.3, 0.4) is 0 Å². The van der Waals surface area contributed by atoms with E-state index in [0.29, 0.717) is 17.7 Å². The quantitative estimate of drug-likeness (QED) is 0.612. The van der Waals surface area contributed by atoms with E-state index < -0.39 is 16.9 Å². The Hall–Kier alpha value is -3.16. The van der Waals surface area contributed by atoms with Gasteiger partial charge in [0.2, 0.25) is 5.91 Å². The number of hydrogen-bond donors (Lipinski definition) is 1. The van der Waals surface area contributed by atoms with Gasteiger partial charge in [0.15, 0.2) is 0 Å². The minimum Gasteiger partial charge on any atom is -0.472 e. The Morgan fingerprint density at radius 1 is 1.36 bits per heavy atom. The standard InChI is InChI=1S/C17H19N3O5/c1-3-19(10-13-5-4-6-15(9-13)20(23)24)17(22)12(2)18-16(21)14-7-8-25-11-14/h4-9,11-12H,3,10H2,1-2H3,(H,18,21)/t12-/m0/s1. The van der Waals surface area contributed by atoms with Crippen LogP contribution in [0.15, 0.2) is 47.3 Å². The topological polar surface area (TPSA) is 106 Å². The molecule has 0 saturated heterocycles. The molecule has 0 unspecified atom stereocenters. The van der Waals surface area contributed by atoms with E-state index in [1.54, 1.807) is 26.0 Å². The number of nitrogens with one attached hydrogen (secondary N) is 1. The van der Waals surface area contributed by atoms with Crippen LogP contribution in [0, 0.1) is 10.1 Å². The molecular formula is C17H19N3O5. The van der Waals surface area contributed by atoms with E-state index in [9.17, 15) is 19.7 Å². The van der Waals surface area contributed by atoms with Crippen molar-refractivity contribution in [2.24, 2.45) is 0 Å². The van der Waals surface area contributed by atoms with Crippen molar-refractivity contribution in [2.75, 3.05) is 6.54 Å². The summed E-state index contributed by atoms with van der Waals surface area (Å²) in [6.07, 6.45) is 2.68. The summed E-state index contributed by atoms with van der Waals surface area (Å²) in [6, 6.07) is 6.90. The molecule has 0 saturated carbocycles. The van der Waals surface area contributed by atoms with Gasteiger partial charge in [0, 0.05) is 25.2 Å². The van der Waals surface area contributed by atoms with Gasteiger partial charge >= 0.3 is 0 Å². The number of carbonyl (C=O) groups is 2. The predicted molar refractivity (Wildman–Crippen MR) is 89.8 cm³/mol. The van der Waals surface area contributed by atoms with Gasteiger partial charge in [0.05, 0.1) is 16.7 Å². The molecule has 8 nitrogen and oxygen atoms in total. The van der Waals surface area contributed by atoms with Gasteiger partial charge in [0.25, 0.3) is 11.6 Å². The zero-order valence-corrected chi connectivity index (χ0v) is 14.0. The predicted octanol–water partition coefficient (Wildman–Crippen LogP) is 2.35. The minimum atomic E-state index is -0.735. The number of carbonyl (C=O) groups excluding carboxylic acids is 2. The van der Waals surface area contributed by atoms with Crippen LogP contribution < -0.4 is 5.32 Å². The molecule has 1 atom stereocenters. The molecule has 1 aromatic carbocycles. The summed E-state index contributed by atoms with van der Waals surface area (Å²) in [5.74, 6) is -0.674. The van der Waals surface area contributed by atoms with Crippen molar-refractivity contribution in [2.45, 2.75) is 26.4 Å². The highest BCUT2D eigenvalue weighted by Gasteiger charge is 2.22. The maximum Gasteiger partial charge on any atom is 0.269 e. The third-order valence-corrected chi connectivity index (χ3v) is 3.69. The average molecular weight is 345 g/mol. The van der Waals surface area contributed by atoms with E-state index in [4.69, 9.17) is 4.42 Å². The van der Waals surface area contributed by atoms with E-state index >= 15 is 0 Å². The van der Waals surface area contributed by atoms with Crippen LogP contribution in [0.2, 0.25) is 0 Å². The smallest absolute Gasteiger partial charge is 0.269 e. The molecule has 2 aromatic rings. The van der Waals surface area contributed by atoms with Crippen LogP contribution in [0.1, 0.15) is 29.8 Å². The Labute approximate surface area is 144 Å². The summed E-state index contributed by atoms with van der Waals surface area (Å²) in [5, 5.41) is 13.5. The van der Waals surface area contributed by atoms with Crippen molar-refractivity contribution in [3.63, 3.8) is 0 Å². The maximum absolute atomic E-state index is 12.6. The lowest BCUT2D eigenvalue weighted by molar-refractivity contribution is -0.384. The van der Waals surface area contributed by atoms with Crippen molar-refractivity contribution in [1.82, 2.24) is 10.2 Å². The SMILES string of the molecule is CCN(Cc1cccc([N+](=O)[O-])c1)C(=O)[C@H](C)NC(=O)c1ccoc1. The minimum absolute atomic E-state index is 0.0256. The summed E-state index contributed by atoms with van der Waals surface area (Å²) < 4.78 is 4.84. The number of nitrogens with zero attached hydrogens (tertiary/aromatic N) is 2. The average Bonchev–Trinajstić information content (AvgIpc) is 3.14. The Balaban J connectivity index is 2.03. The van der Waals surface area contributed by atoms with Crippen molar-refractivity contribution >= 4 is 17.5 Å². The highest BCUT2D eigenvalue weighted by molar-refractivity contribution is 5.97. The Bertz CT molecular complexity index is 757. The van der Waals surface area contributed by atoms with Crippen LogP contribution >= 0.6 is 0 Å². The fourth-order valence-electron chi connectivity index (χ4n) is 2.34. The second-order valence-corrected chi connectivity index (χ2v) is 5.49. The summed E-state index contributed by atoms with van der Waals surface area (Å²) in [7, 11) is 0. The number of amides is 2. The number of furan rings is 1. The monoisotopic (exact) mass is 345 g/mol. The molecule has 25 heavy (non-hydrogen) atoms. The number of benzene rings is 1. The number of non-ortho nitro benzene ring substituents is 1. The normalized spacial score (nSPS) is 11.6. The highest BCUT2D eigenvalue weighted by Crippen LogP contribution is 2.15. The zero-order valence-electron chi connectivity index (χ0n) is 14.0. The number of likely N-dealkylation sites (N-methyl/N-ethyl adjacent to an activating group) is 1. The van der Waals surface area contributed by atoms with Crippen LogP contribution in [0.5, 0.6) is 0 Å². The molecule has 0 aliphatic heterocycles. The van der Waals surface area contributed by atoms with Crippen LogP contribution in [0.4, 0.5) is 5.69 Å². The second kappa shape index (κ2) is 8.09. The van der Waals surface area contributed by atoms with Gasteiger partial charge in [-0.15, -0.1) is 0 Å². The summed E-state index contributed by atoms with van der Waals surface area (Å²) in [4.78, 5) is 36.5. The first-order valence-corrected chi connectivity index (χ1v) is 7.77. The fraction of sp³-hybridized carbons (Fsp3) is 0.294. The Morgan fingerprint density at radius 3 is 2.72 bits per heavy atom. The third kappa shape index (κ3) is 4.66.